The summed E-state index contributed by atoms with van der Waals surface area (Å²) in [4.78, 5) is 11.3. The summed E-state index contributed by atoms with van der Waals surface area (Å²) >= 11 is 0. The molecule has 0 aromatic heterocycles. The molecular weight excluding hydrogens is 219 g/mol. The molecule has 1 N–H and O–H groups in total. The Morgan fingerprint density at radius 2 is 2.00 bits per heavy atom. The molecule has 0 bridgehead atoms. The number of carbonyl (C=O) groups is 1. The van der Waals surface area contributed by atoms with Crippen molar-refractivity contribution < 1.29 is 18.0 Å². The molecule has 0 aliphatic carbocycles. The molecule has 0 atom stereocenters. The second-order valence-corrected chi connectivity index (χ2v) is 3.20. The van der Waals surface area contributed by atoms with E-state index in [0.717, 1.165) is 12.1 Å². The molecule has 5 heteroatoms. The van der Waals surface area contributed by atoms with Crippen LogP contribution in [0.25, 0.3) is 0 Å². The largest absolute Gasteiger partial charge is 0.416 e. The summed E-state index contributed by atoms with van der Waals surface area (Å²) in [6.45, 7) is 7.33. The van der Waals surface area contributed by atoms with Gasteiger partial charge >= 0.3 is 6.18 Å². The summed E-state index contributed by atoms with van der Waals surface area (Å²) in [7, 11) is 0. The number of carbonyl (C=O) groups excluding carboxylic acids is 1. The number of halogens is 3. The fourth-order valence-electron chi connectivity index (χ4n) is 1.21. The molecular formula is C11H10F3NO. The highest BCUT2D eigenvalue weighted by molar-refractivity contribution is 5.94. The Morgan fingerprint density at radius 1 is 1.38 bits per heavy atom. The summed E-state index contributed by atoms with van der Waals surface area (Å²) in [5.41, 5.74) is -1.10. The molecule has 1 amide bonds. The first kappa shape index (κ1) is 12.5. The van der Waals surface area contributed by atoms with E-state index in [1.165, 1.54) is 6.07 Å². The predicted octanol–water partition coefficient (Wildman–Crippen LogP) is 2.51. The van der Waals surface area contributed by atoms with E-state index in [-0.39, 0.29) is 11.1 Å². The first-order chi connectivity index (χ1) is 7.34. The van der Waals surface area contributed by atoms with Crippen molar-refractivity contribution in [2.24, 2.45) is 0 Å². The number of rotatable bonds is 2. The summed E-state index contributed by atoms with van der Waals surface area (Å²) in [5.74, 6) is -0.569. The third-order valence-corrected chi connectivity index (χ3v) is 1.88. The minimum Gasteiger partial charge on any atom is -0.352 e. The van der Waals surface area contributed by atoms with Crippen LogP contribution in [0.1, 0.15) is 28.4 Å². The number of benzene rings is 1. The van der Waals surface area contributed by atoms with Crippen LogP contribution in [0.15, 0.2) is 18.2 Å². The molecule has 0 aliphatic rings. The third-order valence-electron chi connectivity index (χ3n) is 1.88. The van der Waals surface area contributed by atoms with Gasteiger partial charge in [0.1, 0.15) is 0 Å². The monoisotopic (exact) mass is 229 g/mol. The van der Waals surface area contributed by atoms with Gasteiger partial charge < -0.3 is 5.32 Å². The average Bonchev–Trinajstić information content (AvgIpc) is 2.16. The van der Waals surface area contributed by atoms with Crippen LogP contribution in [0.5, 0.6) is 0 Å². The lowest BCUT2D eigenvalue weighted by Crippen LogP contribution is -2.23. The van der Waals surface area contributed by atoms with E-state index in [1.807, 2.05) is 0 Å². The minimum atomic E-state index is -4.50. The van der Waals surface area contributed by atoms with Crippen molar-refractivity contribution in [3.63, 3.8) is 0 Å². The predicted molar refractivity (Wildman–Crippen MR) is 52.9 cm³/mol. The van der Waals surface area contributed by atoms with Gasteiger partial charge in [0.15, 0.2) is 0 Å². The molecule has 0 spiro atoms. The normalized spacial score (nSPS) is 11.3. The maximum absolute atomic E-state index is 12.4. The molecule has 86 valence electrons. The van der Waals surface area contributed by atoms with Crippen molar-refractivity contribution in [2.75, 3.05) is 6.54 Å². The maximum atomic E-state index is 12.4. The number of hydrogen-bond donors (Lipinski definition) is 1. The molecule has 0 saturated heterocycles. The van der Waals surface area contributed by atoms with Gasteiger partial charge in [-0.15, -0.1) is 0 Å². The number of alkyl halides is 3. The third kappa shape index (κ3) is 2.98. The van der Waals surface area contributed by atoms with Crippen molar-refractivity contribution in [3.05, 3.63) is 41.8 Å². The Bertz CT molecular complexity index is 399. The minimum absolute atomic E-state index is 0.0870. The summed E-state index contributed by atoms with van der Waals surface area (Å²) < 4.78 is 37.2. The Morgan fingerprint density at radius 3 is 2.50 bits per heavy atom. The van der Waals surface area contributed by atoms with E-state index in [1.54, 1.807) is 6.92 Å². The van der Waals surface area contributed by atoms with E-state index in [2.05, 4.69) is 5.32 Å². The van der Waals surface area contributed by atoms with Crippen molar-refractivity contribution in [3.8, 4) is 0 Å². The second-order valence-electron chi connectivity index (χ2n) is 3.20. The molecule has 2 nitrogen and oxygen atoms in total. The molecule has 0 fully saturated rings. The molecule has 2 radical (unpaired) electrons. The number of hydrogen-bond acceptors (Lipinski definition) is 1. The zero-order valence-electron chi connectivity index (χ0n) is 8.56. The standard InChI is InChI=1S/C11H10F3NO/c1-3-15-10(16)8-4-7(2)5-9(6-8)11(12,13)14/h2,4-6H,3H2,1H3,(H,15,16). The highest BCUT2D eigenvalue weighted by Gasteiger charge is 2.31. The molecule has 0 heterocycles. The topological polar surface area (TPSA) is 29.1 Å². The lowest BCUT2D eigenvalue weighted by atomic mass is 10.1. The van der Waals surface area contributed by atoms with Gasteiger partial charge in [0, 0.05) is 12.1 Å². The van der Waals surface area contributed by atoms with Gasteiger partial charge in [0.25, 0.3) is 5.91 Å². The van der Waals surface area contributed by atoms with E-state index in [0.29, 0.717) is 6.54 Å². The van der Waals surface area contributed by atoms with Gasteiger partial charge in [-0.25, -0.2) is 0 Å². The van der Waals surface area contributed by atoms with Crippen molar-refractivity contribution in [1.82, 2.24) is 5.32 Å². The smallest absolute Gasteiger partial charge is 0.352 e. The fraction of sp³-hybridized carbons (Fsp3) is 0.273. The quantitative estimate of drug-likeness (QED) is 0.829. The maximum Gasteiger partial charge on any atom is 0.416 e. The van der Waals surface area contributed by atoms with Crippen LogP contribution in [-0.2, 0) is 6.18 Å². The molecule has 0 unspecified atom stereocenters. The Balaban J connectivity index is 3.13. The Kier molecular flexibility index (Phi) is 3.57. The van der Waals surface area contributed by atoms with Gasteiger partial charge in [-0.2, -0.15) is 13.2 Å². The van der Waals surface area contributed by atoms with E-state index >= 15 is 0 Å². The lowest BCUT2D eigenvalue weighted by molar-refractivity contribution is -0.137. The van der Waals surface area contributed by atoms with Crippen molar-refractivity contribution in [2.45, 2.75) is 13.1 Å². The van der Waals surface area contributed by atoms with Crippen LogP contribution in [0.4, 0.5) is 13.2 Å². The van der Waals surface area contributed by atoms with Crippen LogP contribution in [0, 0.1) is 6.92 Å². The van der Waals surface area contributed by atoms with Crippen LogP contribution in [0.3, 0.4) is 0 Å². The van der Waals surface area contributed by atoms with Gasteiger partial charge in [-0.1, -0.05) is 0 Å². The van der Waals surface area contributed by atoms with Gasteiger partial charge in [-0.05, 0) is 37.6 Å². The van der Waals surface area contributed by atoms with Crippen LogP contribution in [-0.4, -0.2) is 12.5 Å². The molecule has 1 aromatic rings. The first-order valence-corrected chi connectivity index (χ1v) is 4.60. The zero-order chi connectivity index (χ0) is 12.3. The van der Waals surface area contributed by atoms with Crippen molar-refractivity contribution in [1.29, 1.82) is 0 Å². The molecule has 1 rings (SSSR count). The van der Waals surface area contributed by atoms with Crippen LogP contribution < -0.4 is 5.32 Å². The average molecular weight is 229 g/mol. The first-order valence-electron chi connectivity index (χ1n) is 4.60. The highest BCUT2D eigenvalue weighted by atomic mass is 19.4. The van der Waals surface area contributed by atoms with Gasteiger partial charge in [0.2, 0.25) is 0 Å². The van der Waals surface area contributed by atoms with Gasteiger partial charge in [0.05, 0.1) is 5.56 Å². The lowest BCUT2D eigenvalue weighted by Gasteiger charge is -2.10. The van der Waals surface area contributed by atoms with Gasteiger partial charge in [-0.3, -0.25) is 4.79 Å². The second kappa shape index (κ2) is 4.55. The van der Waals surface area contributed by atoms with Crippen LogP contribution >= 0.6 is 0 Å². The SMILES string of the molecule is [CH]c1cc(C(=O)NCC)cc(C(F)(F)F)c1. The van der Waals surface area contributed by atoms with Crippen molar-refractivity contribution >= 4 is 5.91 Å². The zero-order valence-corrected chi connectivity index (χ0v) is 8.56. The summed E-state index contributed by atoms with van der Waals surface area (Å²) in [6, 6.07) is 2.78. The molecule has 0 aliphatic heterocycles. The molecule has 0 saturated carbocycles. The summed E-state index contributed by atoms with van der Waals surface area (Å²) in [5, 5.41) is 2.41. The molecule has 1 aromatic carbocycles. The summed E-state index contributed by atoms with van der Waals surface area (Å²) in [6.07, 6.45) is -4.50. The van der Waals surface area contributed by atoms with E-state index in [9.17, 15) is 18.0 Å². The number of amides is 1. The van der Waals surface area contributed by atoms with Crippen LogP contribution in [0.2, 0.25) is 0 Å². The highest BCUT2D eigenvalue weighted by Crippen LogP contribution is 2.30. The molecule has 16 heavy (non-hydrogen) atoms. The Hall–Kier alpha value is -1.52. The Labute approximate surface area is 91.5 Å². The van der Waals surface area contributed by atoms with E-state index in [4.69, 9.17) is 6.92 Å². The fourth-order valence-corrected chi connectivity index (χ4v) is 1.21. The number of nitrogens with one attached hydrogen (secondary N) is 1. The van der Waals surface area contributed by atoms with E-state index < -0.39 is 17.6 Å².